The molecule has 0 heterocycles. The summed E-state index contributed by atoms with van der Waals surface area (Å²) in [7, 11) is 2.06. The van der Waals surface area contributed by atoms with Crippen LogP contribution in [0.25, 0.3) is 0 Å². The summed E-state index contributed by atoms with van der Waals surface area (Å²) in [6.07, 6.45) is 7.08. The summed E-state index contributed by atoms with van der Waals surface area (Å²) in [5.74, 6) is 1.56. The van der Waals surface area contributed by atoms with Gasteiger partial charge in [-0.3, -0.25) is 0 Å². The molecule has 1 aliphatic rings. The van der Waals surface area contributed by atoms with Gasteiger partial charge in [0.25, 0.3) is 0 Å². The van der Waals surface area contributed by atoms with Crippen molar-refractivity contribution in [3.05, 3.63) is 34.3 Å². The smallest absolute Gasteiger partial charge is 0.0175 e. The molecule has 1 aromatic carbocycles. The van der Waals surface area contributed by atoms with Crippen molar-refractivity contribution in [2.24, 2.45) is 5.92 Å². The van der Waals surface area contributed by atoms with Gasteiger partial charge < -0.3 is 5.32 Å². The maximum absolute atomic E-state index is 3.51. The van der Waals surface area contributed by atoms with Gasteiger partial charge in [-0.1, -0.05) is 47.3 Å². The van der Waals surface area contributed by atoms with Crippen molar-refractivity contribution in [3.8, 4) is 0 Å². The van der Waals surface area contributed by atoms with Gasteiger partial charge in [-0.15, -0.1) is 0 Å². The van der Waals surface area contributed by atoms with Crippen LogP contribution in [-0.2, 0) is 0 Å². The highest BCUT2D eigenvalue weighted by Gasteiger charge is 2.24. The number of benzene rings is 1. The van der Waals surface area contributed by atoms with Crippen LogP contribution in [0.15, 0.2) is 28.7 Å². The second-order valence-corrected chi connectivity index (χ2v) is 6.03. The van der Waals surface area contributed by atoms with Crippen LogP contribution in [0.2, 0.25) is 0 Å². The van der Waals surface area contributed by atoms with Crippen molar-refractivity contribution >= 4 is 15.9 Å². The Morgan fingerprint density at radius 2 is 1.82 bits per heavy atom. The molecule has 0 aliphatic heterocycles. The number of hydrogen-bond donors (Lipinski definition) is 1. The molecule has 0 bridgehead atoms. The van der Waals surface area contributed by atoms with E-state index in [1.165, 1.54) is 42.1 Å². The van der Waals surface area contributed by atoms with Crippen molar-refractivity contribution in [2.75, 3.05) is 13.6 Å². The molecule has 0 saturated heterocycles. The molecular weight excluding hydrogens is 274 g/mol. The summed E-state index contributed by atoms with van der Waals surface area (Å²) < 4.78 is 1.17. The minimum Gasteiger partial charge on any atom is -0.319 e. The van der Waals surface area contributed by atoms with Crippen molar-refractivity contribution in [3.63, 3.8) is 0 Å². The van der Waals surface area contributed by atoms with Crippen LogP contribution >= 0.6 is 15.9 Å². The molecule has 1 N–H and O–H groups in total. The van der Waals surface area contributed by atoms with E-state index in [-0.39, 0.29) is 0 Å². The van der Waals surface area contributed by atoms with Crippen LogP contribution in [-0.4, -0.2) is 13.6 Å². The van der Waals surface area contributed by atoms with E-state index in [0.717, 1.165) is 12.5 Å². The van der Waals surface area contributed by atoms with Gasteiger partial charge in [-0.2, -0.15) is 0 Å². The summed E-state index contributed by atoms with van der Waals surface area (Å²) in [5.41, 5.74) is 1.49. The van der Waals surface area contributed by atoms with E-state index in [4.69, 9.17) is 0 Å². The third-order valence-electron chi connectivity index (χ3n) is 3.94. The fourth-order valence-corrected chi connectivity index (χ4v) is 3.29. The molecule has 0 radical (unpaired) electrons. The summed E-state index contributed by atoms with van der Waals surface area (Å²) in [5, 5.41) is 3.37. The number of hydrogen-bond acceptors (Lipinski definition) is 1. The molecule has 0 spiro atoms. The van der Waals surface area contributed by atoms with Crippen molar-refractivity contribution in [2.45, 2.75) is 38.0 Å². The largest absolute Gasteiger partial charge is 0.319 e. The average Bonchev–Trinajstić information content (AvgIpc) is 2.38. The molecule has 1 aliphatic carbocycles. The second-order valence-electron chi connectivity index (χ2n) is 5.11. The Morgan fingerprint density at radius 3 is 2.41 bits per heavy atom. The van der Waals surface area contributed by atoms with Gasteiger partial charge in [-0.05, 0) is 49.4 Å². The number of nitrogens with one attached hydrogen (secondary N) is 1. The Morgan fingerprint density at radius 1 is 1.18 bits per heavy atom. The third kappa shape index (κ3) is 3.56. The van der Waals surface area contributed by atoms with Gasteiger partial charge >= 0.3 is 0 Å². The molecule has 1 atom stereocenters. The van der Waals surface area contributed by atoms with E-state index in [1.807, 2.05) is 0 Å². The predicted molar refractivity (Wildman–Crippen MR) is 77.4 cm³/mol. The van der Waals surface area contributed by atoms with Gasteiger partial charge in [-0.25, -0.2) is 0 Å². The lowest BCUT2D eigenvalue weighted by Gasteiger charge is -2.30. The highest BCUT2D eigenvalue weighted by atomic mass is 79.9. The summed E-state index contributed by atoms with van der Waals surface area (Å²) in [6.45, 7) is 1.10. The van der Waals surface area contributed by atoms with Crippen LogP contribution in [0.4, 0.5) is 0 Å². The minimum absolute atomic E-state index is 0.688. The van der Waals surface area contributed by atoms with Crippen molar-refractivity contribution in [1.29, 1.82) is 0 Å². The molecule has 1 aromatic rings. The zero-order valence-corrected chi connectivity index (χ0v) is 12.2. The summed E-state index contributed by atoms with van der Waals surface area (Å²) in [6, 6.07) is 8.89. The highest BCUT2D eigenvalue weighted by molar-refractivity contribution is 9.10. The molecule has 1 fully saturated rings. The molecule has 2 heteroatoms. The topological polar surface area (TPSA) is 12.0 Å². The maximum atomic E-state index is 3.51. The first kappa shape index (κ1) is 13.1. The van der Waals surface area contributed by atoms with Crippen molar-refractivity contribution < 1.29 is 0 Å². The zero-order chi connectivity index (χ0) is 12.1. The first-order chi connectivity index (χ1) is 8.31. The van der Waals surface area contributed by atoms with E-state index in [9.17, 15) is 0 Å². The number of rotatable bonds is 4. The fourth-order valence-electron chi connectivity index (χ4n) is 3.02. The summed E-state index contributed by atoms with van der Waals surface area (Å²) >= 11 is 3.51. The lowest BCUT2D eigenvalue weighted by atomic mass is 9.77. The monoisotopic (exact) mass is 295 g/mol. The normalized spacial score (nSPS) is 19.2. The molecule has 0 amide bonds. The van der Waals surface area contributed by atoms with Crippen LogP contribution in [0, 0.1) is 5.92 Å². The Hall–Kier alpha value is -0.340. The van der Waals surface area contributed by atoms with E-state index in [2.05, 4.69) is 52.6 Å². The van der Waals surface area contributed by atoms with E-state index in [1.54, 1.807) is 0 Å². The van der Waals surface area contributed by atoms with Gasteiger partial charge in [0.2, 0.25) is 0 Å². The Bertz CT molecular complexity index is 327. The lowest BCUT2D eigenvalue weighted by molar-refractivity contribution is 0.300. The van der Waals surface area contributed by atoms with Crippen LogP contribution in [0.3, 0.4) is 0 Å². The third-order valence-corrected chi connectivity index (χ3v) is 4.47. The minimum atomic E-state index is 0.688. The van der Waals surface area contributed by atoms with Crippen LogP contribution < -0.4 is 5.32 Å². The first-order valence-corrected chi connectivity index (χ1v) is 7.50. The van der Waals surface area contributed by atoms with Crippen LogP contribution in [0.1, 0.15) is 43.6 Å². The van der Waals surface area contributed by atoms with E-state index in [0.29, 0.717) is 5.92 Å². The highest BCUT2D eigenvalue weighted by Crippen LogP contribution is 2.35. The number of halogens is 1. The molecule has 2 rings (SSSR count). The SMILES string of the molecule is CNCC(c1ccc(Br)cc1)C1CCCCC1. The molecule has 1 nitrogen and oxygen atoms in total. The Balaban J connectivity index is 2.12. The Kier molecular flexibility index (Phi) is 5.05. The fraction of sp³-hybridized carbons (Fsp3) is 0.600. The molecule has 17 heavy (non-hydrogen) atoms. The van der Waals surface area contributed by atoms with Crippen LogP contribution in [0.5, 0.6) is 0 Å². The van der Waals surface area contributed by atoms with Gasteiger partial charge in [0, 0.05) is 11.0 Å². The Labute approximate surface area is 113 Å². The van der Waals surface area contributed by atoms with Gasteiger partial charge in [0.1, 0.15) is 0 Å². The molecular formula is C15H22BrN. The number of likely N-dealkylation sites (N-methyl/N-ethyl adjacent to an activating group) is 1. The first-order valence-electron chi connectivity index (χ1n) is 6.71. The average molecular weight is 296 g/mol. The molecule has 94 valence electrons. The standard InChI is InChI=1S/C15H22BrN/c1-17-11-15(12-5-3-2-4-6-12)13-7-9-14(16)10-8-13/h7-10,12,15,17H,2-6,11H2,1H3. The maximum Gasteiger partial charge on any atom is 0.0175 e. The molecule has 0 aromatic heterocycles. The molecule has 1 saturated carbocycles. The van der Waals surface area contributed by atoms with E-state index < -0.39 is 0 Å². The quantitative estimate of drug-likeness (QED) is 0.872. The molecule has 1 unspecified atom stereocenters. The lowest BCUT2D eigenvalue weighted by Crippen LogP contribution is -2.25. The second kappa shape index (κ2) is 6.55. The summed E-state index contributed by atoms with van der Waals surface area (Å²) in [4.78, 5) is 0. The van der Waals surface area contributed by atoms with Gasteiger partial charge in [0.15, 0.2) is 0 Å². The predicted octanol–water partition coefficient (Wildman–Crippen LogP) is 4.33. The zero-order valence-electron chi connectivity index (χ0n) is 10.6. The van der Waals surface area contributed by atoms with E-state index >= 15 is 0 Å². The van der Waals surface area contributed by atoms with Crippen molar-refractivity contribution in [1.82, 2.24) is 5.32 Å². The van der Waals surface area contributed by atoms with Gasteiger partial charge in [0.05, 0.1) is 0 Å².